The SMILES string of the molecule is O=P([O-])(O)O.S.[Hg+]. The van der Waals surface area contributed by atoms with Gasteiger partial charge < -0.3 is 14.7 Å². The van der Waals surface area contributed by atoms with E-state index in [4.69, 9.17) is 19.2 Å². The first-order chi connectivity index (χ1) is 2.00. The summed E-state index contributed by atoms with van der Waals surface area (Å²) in [5, 5.41) is 0. The molecule has 0 atom stereocenters. The Balaban J connectivity index is -0.0000000800. The molecule has 0 fully saturated rings. The van der Waals surface area contributed by atoms with E-state index in [-0.39, 0.29) is 41.2 Å². The maximum absolute atomic E-state index is 8.77. The second-order valence-corrected chi connectivity index (χ2v) is 1.47. The van der Waals surface area contributed by atoms with Crippen LogP contribution < -0.4 is 4.89 Å². The standard InChI is InChI=1S/Hg.H3O4P.H2S/c;1-5(2,3)4;/h;(H3,1,2,3,4);1H2/q+1;;/p-1. The Bertz CT molecular complexity index is 57.8. The van der Waals surface area contributed by atoms with Crippen LogP contribution in [0.15, 0.2) is 0 Å². The zero-order chi connectivity index (χ0) is 4.50. The van der Waals surface area contributed by atoms with Crippen molar-refractivity contribution < 1.29 is 46.9 Å². The van der Waals surface area contributed by atoms with Crippen LogP contribution >= 0.6 is 21.3 Å². The van der Waals surface area contributed by atoms with E-state index in [1.807, 2.05) is 0 Å². The zero-order valence-corrected chi connectivity index (χ0v) is 10.8. The second kappa shape index (κ2) is 5.53. The Hall–Kier alpha value is 1.40. The molecule has 2 N–H and O–H groups in total. The summed E-state index contributed by atoms with van der Waals surface area (Å²) < 4.78 is 8.77. The van der Waals surface area contributed by atoms with E-state index in [2.05, 4.69) is 0 Å². The predicted octanol–water partition coefficient (Wildman–Crippen LogP) is -1.45. The Kier molecular flexibility index (Phi) is 12.5. The van der Waals surface area contributed by atoms with Gasteiger partial charge in [-0.25, -0.2) is 0 Å². The summed E-state index contributed by atoms with van der Waals surface area (Å²) >= 11 is 0. The fourth-order valence-corrected chi connectivity index (χ4v) is 0. The van der Waals surface area contributed by atoms with Crippen molar-refractivity contribution in [1.29, 1.82) is 0 Å². The largest absolute Gasteiger partial charge is 1.00 e. The van der Waals surface area contributed by atoms with Gasteiger partial charge in [-0.2, -0.15) is 13.5 Å². The topological polar surface area (TPSA) is 80.6 Å². The molecule has 0 bridgehead atoms. The van der Waals surface area contributed by atoms with Gasteiger partial charge in [0.1, 0.15) is 0 Å². The van der Waals surface area contributed by atoms with Gasteiger partial charge in [0.15, 0.2) is 0 Å². The van der Waals surface area contributed by atoms with Gasteiger partial charge in [0, 0.05) is 0 Å². The third-order valence-corrected chi connectivity index (χ3v) is 0. The molecule has 0 rings (SSSR count). The van der Waals surface area contributed by atoms with Crippen LogP contribution in [0.5, 0.6) is 0 Å². The van der Waals surface area contributed by atoms with E-state index < -0.39 is 7.82 Å². The molecule has 41 valence electrons. The summed E-state index contributed by atoms with van der Waals surface area (Å²) in [6, 6.07) is 0. The van der Waals surface area contributed by atoms with E-state index in [9.17, 15) is 0 Å². The molecule has 0 unspecified atom stereocenters. The first kappa shape index (κ1) is 15.8. The molecule has 0 aliphatic carbocycles. The van der Waals surface area contributed by atoms with Gasteiger partial charge in [-0.1, -0.05) is 0 Å². The molecule has 0 aromatic rings. The molecule has 0 amide bonds. The molecule has 1 radical (unpaired) electrons. The van der Waals surface area contributed by atoms with Crippen LogP contribution in [0.2, 0.25) is 0 Å². The molecular formula is H4HgO4PS. The van der Waals surface area contributed by atoms with Crippen molar-refractivity contribution in [3.05, 3.63) is 0 Å². The van der Waals surface area contributed by atoms with Crippen LogP contribution in [0.3, 0.4) is 0 Å². The van der Waals surface area contributed by atoms with Gasteiger partial charge in [0.2, 0.25) is 0 Å². The molecule has 0 aromatic carbocycles. The fourth-order valence-electron chi connectivity index (χ4n) is 0. The molecular weight excluding hydrogens is 328 g/mol. The van der Waals surface area contributed by atoms with Gasteiger partial charge >= 0.3 is 27.7 Å². The minimum absolute atomic E-state index is 0. The van der Waals surface area contributed by atoms with Crippen LogP contribution in [0.25, 0.3) is 0 Å². The molecule has 0 aliphatic rings. The van der Waals surface area contributed by atoms with Crippen molar-refractivity contribution in [2.45, 2.75) is 0 Å². The smallest absolute Gasteiger partial charge is 0.756 e. The minimum atomic E-state index is -4.89. The number of phosphoric acid groups is 1. The summed E-state index contributed by atoms with van der Waals surface area (Å²) in [7, 11) is -4.89. The Morgan fingerprint density at radius 2 is 1.43 bits per heavy atom. The van der Waals surface area contributed by atoms with Gasteiger partial charge in [0.05, 0.1) is 0 Å². The number of rotatable bonds is 0. The van der Waals surface area contributed by atoms with Gasteiger partial charge in [-0.15, -0.1) is 0 Å². The number of hydrogen-bond acceptors (Lipinski definition) is 2. The van der Waals surface area contributed by atoms with Crippen molar-refractivity contribution in [2.24, 2.45) is 0 Å². The molecule has 0 aromatic heterocycles. The Morgan fingerprint density at radius 3 is 1.43 bits per heavy atom. The van der Waals surface area contributed by atoms with E-state index in [0.717, 1.165) is 0 Å². The molecule has 4 nitrogen and oxygen atoms in total. The van der Waals surface area contributed by atoms with Crippen LogP contribution in [0.1, 0.15) is 0 Å². The normalized spacial score (nSPS) is 8.43. The van der Waals surface area contributed by atoms with E-state index in [0.29, 0.717) is 0 Å². The fraction of sp³-hybridized carbons (Fsp3) is 0. The van der Waals surface area contributed by atoms with Crippen molar-refractivity contribution in [3.8, 4) is 0 Å². The van der Waals surface area contributed by atoms with E-state index >= 15 is 0 Å². The van der Waals surface area contributed by atoms with Crippen molar-refractivity contribution in [1.82, 2.24) is 0 Å². The molecule has 7 heteroatoms. The van der Waals surface area contributed by atoms with Gasteiger partial charge in [0.25, 0.3) is 7.82 Å². The quantitative estimate of drug-likeness (QED) is 0.420. The summed E-state index contributed by atoms with van der Waals surface area (Å²) in [5.41, 5.74) is 0. The first-order valence-electron chi connectivity index (χ1n) is 0.765. The molecule has 0 saturated heterocycles. The average molecular weight is 332 g/mol. The molecule has 0 heterocycles. The maximum atomic E-state index is 8.77. The molecule has 0 spiro atoms. The second-order valence-electron chi connectivity index (χ2n) is 0.491. The van der Waals surface area contributed by atoms with Gasteiger partial charge in [-0.3, -0.25) is 4.57 Å². The Labute approximate surface area is 68.1 Å². The third kappa shape index (κ3) is 111. The average Bonchev–Trinajstić information content (AvgIpc) is 0.722. The summed E-state index contributed by atoms with van der Waals surface area (Å²) in [4.78, 5) is 22.9. The first-order valence-corrected chi connectivity index (χ1v) is 2.30. The Morgan fingerprint density at radius 1 is 1.43 bits per heavy atom. The van der Waals surface area contributed by atoms with E-state index in [1.54, 1.807) is 0 Å². The number of hydrogen-bond donors (Lipinski definition) is 2. The van der Waals surface area contributed by atoms with Gasteiger partial charge in [-0.05, 0) is 0 Å². The zero-order valence-electron chi connectivity index (χ0n) is 3.37. The van der Waals surface area contributed by atoms with Crippen LogP contribution in [0.4, 0.5) is 0 Å². The monoisotopic (exact) mass is 333 g/mol. The van der Waals surface area contributed by atoms with Crippen molar-refractivity contribution in [2.75, 3.05) is 0 Å². The molecule has 0 aliphatic heterocycles. The summed E-state index contributed by atoms with van der Waals surface area (Å²) in [5.74, 6) is 0. The molecule has 7 heavy (non-hydrogen) atoms. The molecule has 0 saturated carbocycles. The summed E-state index contributed by atoms with van der Waals surface area (Å²) in [6.45, 7) is 0. The third-order valence-electron chi connectivity index (χ3n) is 0. The van der Waals surface area contributed by atoms with Crippen molar-refractivity contribution >= 4 is 21.3 Å². The predicted molar refractivity (Wildman–Crippen MR) is 22.4 cm³/mol. The van der Waals surface area contributed by atoms with Crippen molar-refractivity contribution in [3.63, 3.8) is 0 Å². The minimum Gasteiger partial charge on any atom is -0.756 e. The maximum Gasteiger partial charge on any atom is 1.00 e. The van der Waals surface area contributed by atoms with Crippen LogP contribution in [-0.2, 0) is 32.2 Å². The van der Waals surface area contributed by atoms with E-state index in [1.165, 1.54) is 0 Å². The van der Waals surface area contributed by atoms with Crippen LogP contribution in [0, 0.1) is 0 Å². The van der Waals surface area contributed by atoms with Crippen LogP contribution in [-0.4, -0.2) is 9.79 Å². The summed E-state index contributed by atoms with van der Waals surface area (Å²) in [6.07, 6.45) is 0.